The molecule has 1 aliphatic carbocycles. The Kier molecular flexibility index (Phi) is 4.72. The van der Waals surface area contributed by atoms with E-state index in [-0.39, 0.29) is 5.82 Å². The molecular weight excluding hydrogens is 359 g/mol. The number of thiazole rings is 1. The lowest BCUT2D eigenvalue weighted by Crippen LogP contribution is -1.99. The van der Waals surface area contributed by atoms with Gasteiger partial charge in [-0.05, 0) is 44.0 Å². The number of halogens is 1. The normalized spacial score (nSPS) is 14.0. The van der Waals surface area contributed by atoms with Crippen LogP contribution in [0.3, 0.4) is 0 Å². The zero-order valence-electron chi connectivity index (χ0n) is 13.7. The molecule has 25 heavy (non-hydrogen) atoms. The van der Waals surface area contributed by atoms with Gasteiger partial charge < -0.3 is 9.30 Å². The third-order valence-electron chi connectivity index (χ3n) is 3.87. The Balaban J connectivity index is 1.33. The standard InChI is InChI=1S/C17H17FN4OS2/c1-11-20-21-17(22(11)14-4-5-14)25-10-13-9-24-16(19-13)8-23-15-6-2-12(18)3-7-15/h2-3,6-7,9,14H,4-5,8,10H2,1H3. The number of nitrogens with zero attached hydrogens (tertiary/aromatic N) is 4. The monoisotopic (exact) mass is 376 g/mol. The average molecular weight is 376 g/mol. The van der Waals surface area contributed by atoms with Gasteiger partial charge in [0.2, 0.25) is 0 Å². The number of thioether (sulfide) groups is 1. The zero-order valence-corrected chi connectivity index (χ0v) is 15.3. The lowest BCUT2D eigenvalue weighted by molar-refractivity contribution is 0.305. The van der Waals surface area contributed by atoms with Crippen LogP contribution in [-0.2, 0) is 12.4 Å². The van der Waals surface area contributed by atoms with Crippen LogP contribution in [-0.4, -0.2) is 19.7 Å². The van der Waals surface area contributed by atoms with Crippen molar-refractivity contribution in [1.29, 1.82) is 0 Å². The maximum atomic E-state index is 12.9. The van der Waals surface area contributed by atoms with Gasteiger partial charge in [-0.1, -0.05) is 11.8 Å². The Hall–Kier alpha value is -1.93. The summed E-state index contributed by atoms with van der Waals surface area (Å²) in [4.78, 5) is 4.60. The summed E-state index contributed by atoms with van der Waals surface area (Å²) < 4.78 is 20.7. The molecule has 130 valence electrons. The van der Waals surface area contributed by atoms with Crippen LogP contribution >= 0.6 is 23.1 Å². The van der Waals surface area contributed by atoms with E-state index in [9.17, 15) is 4.39 Å². The number of hydrogen-bond donors (Lipinski definition) is 0. The highest BCUT2D eigenvalue weighted by atomic mass is 32.2. The van der Waals surface area contributed by atoms with Crippen molar-refractivity contribution in [2.45, 2.75) is 43.3 Å². The van der Waals surface area contributed by atoms with Crippen LogP contribution in [0.4, 0.5) is 4.39 Å². The van der Waals surface area contributed by atoms with Gasteiger partial charge in [0.25, 0.3) is 0 Å². The Morgan fingerprint density at radius 1 is 1.28 bits per heavy atom. The predicted molar refractivity (Wildman–Crippen MR) is 95.4 cm³/mol. The Morgan fingerprint density at radius 3 is 2.84 bits per heavy atom. The first kappa shape index (κ1) is 16.5. The summed E-state index contributed by atoms with van der Waals surface area (Å²) in [6.45, 7) is 2.39. The van der Waals surface area contributed by atoms with Gasteiger partial charge in [-0.2, -0.15) is 0 Å². The molecule has 1 fully saturated rings. The summed E-state index contributed by atoms with van der Waals surface area (Å²) in [6, 6.07) is 6.58. The molecule has 0 atom stereocenters. The number of aromatic nitrogens is 4. The third kappa shape index (κ3) is 4.01. The molecule has 3 aromatic rings. The first-order valence-corrected chi connectivity index (χ1v) is 9.91. The van der Waals surface area contributed by atoms with Crippen molar-refractivity contribution in [3.05, 3.63) is 52.0 Å². The molecule has 0 amide bonds. The Morgan fingerprint density at radius 2 is 2.08 bits per heavy atom. The molecule has 0 unspecified atom stereocenters. The van der Waals surface area contributed by atoms with Gasteiger partial charge in [0.05, 0.1) is 5.69 Å². The average Bonchev–Trinajstić information content (AvgIpc) is 3.22. The highest BCUT2D eigenvalue weighted by Gasteiger charge is 2.28. The van der Waals surface area contributed by atoms with Crippen LogP contribution in [0.2, 0.25) is 0 Å². The number of ether oxygens (including phenoxy) is 1. The van der Waals surface area contributed by atoms with Gasteiger partial charge in [0.1, 0.15) is 29.0 Å². The largest absolute Gasteiger partial charge is 0.486 e. The number of benzene rings is 1. The van der Waals surface area contributed by atoms with Crippen LogP contribution in [0.5, 0.6) is 5.75 Å². The fourth-order valence-corrected chi connectivity index (χ4v) is 4.25. The van der Waals surface area contributed by atoms with Crippen LogP contribution in [0.25, 0.3) is 0 Å². The molecule has 0 aliphatic heterocycles. The van der Waals surface area contributed by atoms with Crippen molar-refractivity contribution in [2.75, 3.05) is 0 Å². The predicted octanol–water partition coefficient (Wildman–Crippen LogP) is 4.39. The molecule has 0 saturated heterocycles. The maximum absolute atomic E-state index is 12.9. The second-order valence-corrected chi connectivity index (χ2v) is 7.78. The van der Waals surface area contributed by atoms with Crippen molar-refractivity contribution >= 4 is 23.1 Å². The van der Waals surface area contributed by atoms with E-state index in [2.05, 4.69) is 19.7 Å². The molecule has 0 N–H and O–H groups in total. The summed E-state index contributed by atoms with van der Waals surface area (Å²) in [5.74, 6) is 2.12. The topological polar surface area (TPSA) is 52.8 Å². The van der Waals surface area contributed by atoms with Crippen molar-refractivity contribution in [3.8, 4) is 5.75 Å². The minimum absolute atomic E-state index is 0.268. The van der Waals surface area contributed by atoms with Crippen LogP contribution < -0.4 is 4.74 Å². The van der Waals surface area contributed by atoms with E-state index in [4.69, 9.17) is 4.74 Å². The van der Waals surface area contributed by atoms with Gasteiger partial charge in [-0.25, -0.2) is 9.37 Å². The minimum Gasteiger partial charge on any atom is -0.486 e. The molecule has 5 nitrogen and oxygen atoms in total. The molecular formula is C17H17FN4OS2. The van der Waals surface area contributed by atoms with Crippen molar-refractivity contribution < 1.29 is 9.13 Å². The molecule has 1 aromatic carbocycles. The summed E-state index contributed by atoms with van der Waals surface area (Å²) in [7, 11) is 0. The van der Waals surface area contributed by atoms with Crippen molar-refractivity contribution in [1.82, 2.24) is 19.7 Å². The van der Waals surface area contributed by atoms with Crippen LogP contribution in [0.1, 0.15) is 35.4 Å². The van der Waals surface area contributed by atoms with E-state index in [1.807, 2.05) is 12.3 Å². The lowest BCUT2D eigenvalue weighted by Gasteiger charge is -2.05. The Bertz CT molecular complexity index is 858. The number of hydrogen-bond acceptors (Lipinski definition) is 6. The highest BCUT2D eigenvalue weighted by Crippen LogP contribution is 2.39. The molecule has 2 aromatic heterocycles. The summed E-state index contributed by atoms with van der Waals surface area (Å²) in [5, 5.41) is 12.4. The van der Waals surface area contributed by atoms with E-state index >= 15 is 0 Å². The molecule has 2 heterocycles. The molecule has 8 heteroatoms. The molecule has 1 aliphatic rings. The first-order chi connectivity index (χ1) is 12.2. The molecule has 1 saturated carbocycles. The van der Waals surface area contributed by atoms with Crippen LogP contribution in [0, 0.1) is 12.7 Å². The quantitative estimate of drug-likeness (QED) is 0.573. The molecule has 0 radical (unpaired) electrons. The van der Waals surface area contributed by atoms with E-state index < -0.39 is 0 Å². The van der Waals surface area contributed by atoms with Gasteiger partial charge in [0, 0.05) is 17.2 Å². The highest BCUT2D eigenvalue weighted by molar-refractivity contribution is 7.98. The van der Waals surface area contributed by atoms with Crippen LogP contribution in [0.15, 0.2) is 34.8 Å². The van der Waals surface area contributed by atoms with Crippen molar-refractivity contribution in [2.24, 2.45) is 0 Å². The van der Waals surface area contributed by atoms with E-state index in [1.165, 1.54) is 25.0 Å². The summed E-state index contributed by atoms with van der Waals surface area (Å²) in [5.41, 5.74) is 1.01. The molecule has 0 spiro atoms. The second kappa shape index (κ2) is 7.13. The van der Waals surface area contributed by atoms with Gasteiger partial charge in [-0.15, -0.1) is 21.5 Å². The minimum atomic E-state index is -0.268. The second-order valence-electron chi connectivity index (χ2n) is 5.89. The lowest BCUT2D eigenvalue weighted by atomic mass is 10.3. The van der Waals surface area contributed by atoms with Gasteiger partial charge in [-0.3, -0.25) is 0 Å². The summed E-state index contributed by atoms with van der Waals surface area (Å²) in [6.07, 6.45) is 2.43. The van der Waals surface area contributed by atoms with E-state index in [0.717, 1.165) is 27.4 Å². The Labute approximate surface area is 153 Å². The van der Waals surface area contributed by atoms with E-state index in [0.29, 0.717) is 18.4 Å². The smallest absolute Gasteiger partial charge is 0.191 e. The first-order valence-electron chi connectivity index (χ1n) is 8.05. The fourth-order valence-electron chi connectivity index (χ4n) is 2.50. The SMILES string of the molecule is Cc1nnc(SCc2csc(COc3ccc(F)cc3)n2)n1C1CC1. The molecule has 4 rings (SSSR count). The van der Waals surface area contributed by atoms with E-state index in [1.54, 1.807) is 35.2 Å². The maximum Gasteiger partial charge on any atom is 0.191 e. The van der Waals surface area contributed by atoms with Gasteiger partial charge >= 0.3 is 0 Å². The fraction of sp³-hybridized carbons (Fsp3) is 0.353. The zero-order chi connectivity index (χ0) is 17.2. The number of rotatable bonds is 7. The van der Waals surface area contributed by atoms with Crippen molar-refractivity contribution in [3.63, 3.8) is 0 Å². The summed E-state index contributed by atoms with van der Waals surface area (Å²) >= 11 is 3.24. The number of aryl methyl sites for hydroxylation is 1. The third-order valence-corrected chi connectivity index (χ3v) is 5.72. The van der Waals surface area contributed by atoms with Gasteiger partial charge in [0.15, 0.2) is 5.16 Å². The molecule has 0 bridgehead atoms.